The molecule has 4 heteroatoms. The Bertz CT molecular complexity index is 661. The highest BCUT2D eigenvalue weighted by Crippen LogP contribution is 2.28. The van der Waals surface area contributed by atoms with E-state index in [4.69, 9.17) is 10.00 Å². The minimum Gasteiger partial charge on any atom is -0.480 e. The van der Waals surface area contributed by atoms with Crippen molar-refractivity contribution in [2.24, 2.45) is 0 Å². The first kappa shape index (κ1) is 12.2. The van der Waals surface area contributed by atoms with Gasteiger partial charge in [0.2, 0.25) is 0 Å². The monoisotopic (exact) mass is 264 g/mol. The fourth-order valence-corrected chi connectivity index (χ4v) is 2.18. The summed E-state index contributed by atoms with van der Waals surface area (Å²) in [5, 5.41) is 11.5. The van der Waals surface area contributed by atoms with E-state index < -0.39 is 6.10 Å². The molecule has 0 aliphatic carbocycles. The molecule has 0 bridgehead atoms. The lowest BCUT2D eigenvalue weighted by Gasteiger charge is -2.11. The van der Waals surface area contributed by atoms with Gasteiger partial charge in [0.15, 0.2) is 6.10 Å². The number of hydrogen-bond donors (Lipinski definition) is 1. The molecule has 0 aromatic heterocycles. The molecular weight excluding hydrogens is 252 g/mol. The molecule has 0 radical (unpaired) electrons. The third-order valence-corrected chi connectivity index (χ3v) is 3.22. The van der Waals surface area contributed by atoms with Crippen LogP contribution in [0.3, 0.4) is 0 Å². The Morgan fingerprint density at radius 2 is 1.95 bits per heavy atom. The Morgan fingerprint density at radius 3 is 2.65 bits per heavy atom. The van der Waals surface area contributed by atoms with Gasteiger partial charge in [0, 0.05) is 12.1 Å². The Morgan fingerprint density at radius 1 is 1.20 bits per heavy atom. The van der Waals surface area contributed by atoms with Gasteiger partial charge < -0.3 is 10.1 Å². The third kappa shape index (κ3) is 2.34. The van der Waals surface area contributed by atoms with Crippen LogP contribution in [0.1, 0.15) is 11.1 Å². The van der Waals surface area contributed by atoms with E-state index in [0.717, 1.165) is 11.3 Å². The summed E-state index contributed by atoms with van der Waals surface area (Å²) in [6.45, 7) is 0. The minimum absolute atomic E-state index is 0.175. The smallest absolute Gasteiger partial charge is 0.265 e. The average molecular weight is 264 g/mol. The molecule has 1 atom stereocenters. The molecule has 0 saturated carbocycles. The first-order chi connectivity index (χ1) is 9.76. The van der Waals surface area contributed by atoms with Crippen LogP contribution in [0.5, 0.6) is 5.75 Å². The van der Waals surface area contributed by atoms with Crippen LogP contribution in [-0.2, 0) is 11.2 Å². The molecule has 3 rings (SSSR count). The molecule has 98 valence electrons. The highest BCUT2D eigenvalue weighted by atomic mass is 16.5. The normalized spacial score (nSPS) is 15.8. The second-order valence-corrected chi connectivity index (χ2v) is 4.60. The quantitative estimate of drug-likeness (QED) is 0.906. The van der Waals surface area contributed by atoms with Gasteiger partial charge in [-0.05, 0) is 35.9 Å². The maximum Gasteiger partial charge on any atom is 0.265 e. The Balaban J connectivity index is 1.68. The standard InChI is InChI=1S/C16H12N2O2/c17-10-11-5-7-13(8-6-11)18-16(19)15-9-12-3-1-2-4-14(12)20-15/h1-8,15H,9H2,(H,18,19)/t15-/m1/s1. The van der Waals surface area contributed by atoms with Crippen molar-refractivity contribution < 1.29 is 9.53 Å². The summed E-state index contributed by atoms with van der Waals surface area (Å²) >= 11 is 0. The van der Waals surface area contributed by atoms with Gasteiger partial charge in [-0.1, -0.05) is 18.2 Å². The third-order valence-electron chi connectivity index (χ3n) is 3.22. The van der Waals surface area contributed by atoms with E-state index in [1.165, 1.54) is 0 Å². The van der Waals surface area contributed by atoms with Gasteiger partial charge in [-0.25, -0.2) is 0 Å². The maximum atomic E-state index is 12.1. The highest BCUT2D eigenvalue weighted by molar-refractivity contribution is 5.95. The van der Waals surface area contributed by atoms with E-state index in [-0.39, 0.29) is 5.91 Å². The van der Waals surface area contributed by atoms with Crippen LogP contribution >= 0.6 is 0 Å². The number of anilines is 1. The van der Waals surface area contributed by atoms with E-state index >= 15 is 0 Å². The fourth-order valence-electron chi connectivity index (χ4n) is 2.18. The van der Waals surface area contributed by atoms with E-state index in [0.29, 0.717) is 17.7 Å². The Hall–Kier alpha value is -2.80. The number of ether oxygens (including phenoxy) is 1. The number of para-hydroxylation sites is 1. The molecule has 2 aromatic rings. The zero-order chi connectivity index (χ0) is 13.9. The Labute approximate surface area is 116 Å². The van der Waals surface area contributed by atoms with Crippen LogP contribution in [0.15, 0.2) is 48.5 Å². The van der Waals surface area contributed by atoms with Crippen LogP contribution < -0.4 is 10.1 Å². The molecule has 1 heterocycles. The number of rotatable bonds is 2. The first-order valence-electron chi connectivity index (χ1n) is 6.32. The van der Waals surface area contributed by atoms with E-state index in [1.54, 1.807) is 24.3 Å². The summed E-state index contributed by atoms with van der Waals surface area (Å²) in [6.07, 6.45) is 0.0845. The molecular formula is C16H12N2O2. The van der Waals surface area contributed by atoms with Gasteiger partial charge in [-0.2, -0.15) is 5.26 Å². The number of nitrogens with zero attached hydrogens (tertiary/aromatic N) is 1. The maximum absolute atomic E-state index is 12.1. The number of hydrogen-bond acceptors (Lipinski definition) is 3. The molecule has 1 amide bonds. The second kappa shape index (κ2) is 5.06. The van der Waals surface area contributed by atoms with Crippen LogP contribution in [-0.4, -0.2) is 12.0 Å². The average Bonchev–Trinajstić information content (AvgIpc) is 2.92. The SMILES string of the molecule is N#Cc1ccc(NC(=O)[C@H]2Cc3ccccc3O2)cc1. The van der Waals surface area contributed by atoms with E-state index in [1.807, 2.05) is 30.3 Å². The molecule has 1 aliphatic rings. The number of amides is 1. The van der Waals surface area contributed by atoms with Crippen LogP contribution in [0.2, 0.25) is 0 Å². The minimum atomic E-state index is -0.497. The molecule has 0 saturated heterocycles. The fraction of sp³-hybridized carbons (Fsp3) is 0.125. The molecule has 20 heavy (non-hydrogen) atoms. The van der Waals surface area contributed by atoms with Crippen LogP contribution in [0.25, 0.3) is 0 Å². The highest BCUT2D eigenvalue weighted by Gasteiger charge is 2.28. The molecule has 1 N–H and O–H groups in total. The van der Waals surface area contributed by atoms with Gasteiger partial charge >= 0.3 is 0 Å². The largest absolute Gasteiger partial charge is 0.480 e. The molecule has 0 unspecified atom stereocenters. The first-order valence-corrected chi connectivity index (χ1v) is 6.32. The lowest BCUT2D eigenvalue weighted by Crippen LogP contribution is -2.31. The summed E-state index contributed by atoms with van der Waals surface area (Å²) < 4.78 is 5.62. The molecule has 1 aliphatic heterocycles. The van der Waals surface area contributed by atoms with Crippen molar-refractivity contribution in [3.63, 3.8) is 0 Å². The van der Waals surface area contributed by atoms with Crippen molar-refractivity contribution in [2.75, 3.05) is 5.32 Å². The van der Waals surface area contributed by atoms with Gasteiger partial charge in [0.1, 0.15) is 5.75 Å². The summed E-state index contributed by atoms with van der Waals surface area (Å²) in [4.78, 5) is 12.1. The van der Waals surface area contributed by atoms with Gasteiger partial charge in [-0.15, -0.1) is 0 Å². The molecule has 0 fully saturated rings. The van der Waals surface area contributed by atoms with Crippen molar-refractivity contribution >= 4 is 11.6 Å². The summed E-state index contributed by atoms with van der Waals surface area (Å²) in [7, 11) is 0. The van der Waals surface area contributed by atoms with Crippen LogP contribution in [0.4, 0.5) is 5.69 Å². The van der Waals surface area contributed by atoms with Crippen molar-refractivity contribution in [2.45, 2.75) is 12.5 Å². The van der Waals surface area contributed by atoms with Crippen molar-refractivity contribution in [3.05, 3.63) is 59.7 Å². The topological polar surface area (TPSA) is 62.1 Å². The molecule has 2 aromatic carbocycles. The van der Waals surface area contributed by atoms with Gasteiger partial charge in [-0.3, -0.25) is 4.79 Å². The van der Waals surface area contributed by atoms with Crippen molar-refractivity contribution in [3.8, 4) is 11.8 Å². The lowest BCUT2D eigenvalue weighted by atomic mass is 10.1. The summed E-state index contributed by atoms with van der Waals surface area (Å²) in [5.74, 6) is 0.596. The number of nitrogens with one attached hydrogen (secondary N) is 1. The number of benzene rings is 2. The van der Waals surface area contributed by atoms with E-state index in [2.05, 4.69) is 5.32 Å². The van der Waals surface area contributed by atoms with Crippen molar-refractivity contribution in [1.82, 2.24) is 0 Å². The molecule has 4 nitrogen and oxygen atoms in total. The van der Waals surface area contributed by atoms with Gasteiger partial charge in [0.25, 0.3) is 5.91 Å². The second-order valence-electron chi connectivity index (χ2n) is 4.60. The summed E-state index contributed by atoms with van der Waals surface area (Å²) in [6, 6.07) is 16.4. The van der Waals surface area contributed by atoms with Crippen LogP contribution in [0, 0.1) is 11.3 Å². The molecule has 0 spiro atoms. The zero-order valence-corrected chi connectivity index (χ0v) is 10.7. The van der Waals surface area contributed by atoms with Crippen molar-refractivity contribution in [1.29, 1.82) is 5.26 Å². The predicted molar refractivity (Wildman–Crippen MR) is 74.3 cm³/mol. The van der Waals surface area contributed by atoms with Gasteiger partial charge in [0.05, 0.1) is 11.6 Å². The number of nitriles is 1. The zero-order valence-electron chi connectivity index (χ0n) is 10.7. The predicted octanol–water partition coefficient (Wildman–Crippen LogP) is 2.50. The summed E-state index contributed by atoms with van der Waals surface area (Å²) in [5.41, 5.74) is 2.27. The number of carbonyl (C=O) groups is 1. The number of fused-ring (bicyclic) bond motifs is 1. The van der Waals surface area contributed by atoms with E-state index in [9.17, 15) is 4.79 Å². The Kier molecular flexibility index (Phi) is 3.10. The number of carbonyl (C=O) groups excluding carboxylic acids is 1. The lowest BCUT2D eigenvalue weighted by molar-refractivity contribution is -0.122.